The molecule has 0 saturated heterocycles. The molecule has 2 aromatic carbocycles. The van der Waals surface area contributed by atoms with Gasteiger partial charge in [-0.15, -0.1) is 0 Å². The molecule has 0 unspecified atom stereocenters. The van der Waals surface area contributed by atoms with Crippen LogP contribution in [0.3, 0.4) is 0 Å². The molecule has 136 valence electrons. The van der Waals surface area contributed by atoms with Crippen LogP contribution in [0.2, 0.25) is 5.02 Å². The Morgan fingerprint density at radius 3 is 2.85 bits per heavy atom. The minimum Gasteiger partial charge on any atom is -0.497 e. The van der Waals surface area contributed by atoms with E-state index in [1.54, 1.807) is 13.3 Å². The molecule has 0 saturated carbocycles. The number of nitrogens with zero attached hydrogens (tertiary/aromatic N) is 3. The predicted octanol–water partition coefficient (Wildman–Crippen LogP) is 5.43. The van der Waals surface area contributed by atoms with Gasteiger partial charge in [0.1, 0.15) is 10.4 Å². The fraction of sp³-hybridized carbons (Fsp3) is 0.100. The summed E-state index contributed by atoms with van der Waals surface area (Å²) in [7, 11) is 1.66. The zero-order chi connectivity index (χ0) is 18.8. The van der Waals surface area contributed by atoms with Crippen LogP contribution < -0.4 is 10.1 Å². The van der Waals surface area contributed by atoms with E-state index < -0.39 is 0 Å². The lowest BCUT2D eigenvalue weighted by Gasteiger charge is -2.11. The summed E-state index contributed by atoms with van der Waals surface area (Å²) in [6.45, 7) is 0.594. The quantitative estimate of drug-likeness (QED) is 0.447. The maximum Gasteiger partial charge on any atom is 0.181 e. The van der Waals surface area contributed by atoms with Crippen molar-refractivity contribution in [3.63, 3.8) is 0 Å². The van der Waals surface area contributed by atoms with E-state index in [1.165, 1.54) is 0 Å². The Labute approximate surface area is 170 Å². The summed E-state index contributed by atoms with van der Waals surface area (Å²) in [5.41, 5.74) is 3.45. The summed E-state index contributed by atoms with van der Waals surface area (Å²) in [6, 6.07) is 15.6. The smallest absolute Gasteiger partial charge is 0.181 e. The highest BCUT2D eigenvalue weighted by atomic mass is 79.9. The molecule has 5 nitrogen and oxygen atoms in total. The monoisotopic (exact) mass is 442 g/mol. The zero-order valence-electron chi connectivity index (χ0n) is 14.5. The number of rotatable bonds is 5. The average molecular weight is 444 g/mol. The molecule has 27 heavy (non-hydrogen) atoms. The van der Waals surface area contributed by atoms with Crippen LogP contribution in [-0.2, 0) is 6.54 Å². The molecule has 0 aliphatic carbocycles. The van der Waals surface area contributed by atoms with Gasteiger partial charge in [-0.3, -0.25) is 4.40 Å². The maximum atomic E-state index is 6.37. The first-order chi connectivity index (χ1) is 13.2. The van der Waals surface area contributed by atoms with Gasteiger partial charge >= 0.3 is 0 Å². The lowest BCUT2D eigenvalue weighted by Crippen LogP contribution is -2.05. The van der Waals surface area contributed by atoms with Crippen molar-refractivity contribution in [1.29, 1.82) is 0 Å². The molecular formula is C20H16BrClN4O. The molecule has 0 radical (unpaired) electrons. The van der Waals surface area contributed by atoms with Crippen LogP contribution in [-0.4, -0.2) is 21.5 Å². The summed E-state index contributed by atoms with van der Waals surface area (Å²) in [5, 5.41) is 4.04. The Morgan fingerprint density at radius 2 is 2.04 bits per heavy atom. The summed E-state index contributed by atoms with van der Waals surface area (Å²) in [5.74, 6) is 1.50. The van der Waals surface area contributed by atoms with E-state index in [4.69, 9.17) is 21.3 Å². The highest BCUT2D eigenvalue weighted by Crippen LogP contribution is 2.29. The topological polar surface area (TPSA) is 51.5 Å². The molecule has 1 N–H and O–H groups in total. The summed E-state index contributed by atoms with van der Waals surface area (Å²) in [4.78, 5) is 9.23. The van der Waals surface area contributed by atoms with Gasteiger partial charge in [0.05, 0.1) is 24.0 Å². The fourth-order valence-corrected chi connectivity index (χ4v) is 3.45. The fourth-order valence-electron chi connectivity index (χ4n) is 2.85. The first-order valence-electron chi connectivity index (χ1n) is 8.31. The number of methoxy groups -OCH3 is 1. The Bertz CT molecular complexity index is 1110. The number of ether oxygens (including phenoxy) is 1. The maximum absolute atomic E-state index is 6.37. The minimum atomic E-state index is 0.594. The van der Waals surface area contributed by atoms with Crippen LogP contribution in [0.25, 0.3) is 16.9 Å². The first kappa shape index (κ1) is 17.8. The highest BCUT2D eigenvalue weighted by Gasteiger charge is 2.13. The van der Waals surface area contributed by atoms with Crippen molar-refractivity contribution in [1.82, 2.24) is 14.4 Å². The molecule has 7 heteroatoms. The third-order valence-electron chi connectivity index (χ3n) is 4.19. The van der Waals surface area contributed by atoms with E-state index in [9.17, 15) is 0 Å². The van der Waals surface area contributed by atoms with Crippen molar-refractivity contribution < 1.29 is 4.74 Å². The number of aromatic nitrogens is 3. The number of benzene rings is 2. The van der Waals surface area contributed by atoms with E-state index >= 15 is 0 Å². The van der Waals surface area contributed by atoms with E-state index in [0.717, 1.165) is 32.8 Å². The third kappa shape index (κ3) is 3.63. The molecule has 0 atom stereocenters. The first-order valence-corrected chi connectivity index (χ1v) is 9.48. The highest BCUT2D eigenvalue weighted by molar-refractivity contribution is 9.10. The molecule has 4 aromatic rings. The van der Waals surface area contributed by atoms with Gasteiger partial charge in [0.2, 0.25) is 0 Å². The van der Waals surface area contributed by atoms with E-state index in [-0.39, 0.29) is 0 Å². The normalized spacial score (nSPS) is 10.9. The van der Waals surface area contributed by atoms with Gasteiger partial charge in [-0.05, 0) is 39.7 Å². The molecule has 0 amide bonds. The van der Waals surface area contributed by atoms with Gasteiger partial charge < -0.3 is 10.1 Å². The molecule has 0 fully saturated rings. The molecule has 2 heterocycles. The van der Waals surface area contributed by atoms with Crippen LogP contribution in [0.4, 0.5) is 5.82 Å². The predicted molar refractivity (Wildman–Crippen MR) is 111 cm³/mol. The molecule has 0 bridgehead atoms. The van der Waals surface area contributed by atoms with Crippen LogP contribution in [0, 0.1) is 0 Å². The van der Waals surface area contributed by atoms with Gasteiger partial charge in [0, 0.05) is 18.3 Å². The molecule has 0 aliphatic rings. The van der Waals surface area contributed by atoms with Gasteiger partial charge in [-0.25, -0.2) is 9.97 Å². The van der Waals surface area contributed by atoms with Crippen molar-refractivity contribution in [3.05, 3.63) is 76.1 Å². The third-order valence-corrected chi connectivity index (χ3v) is 5.11. The molecule has 2 aromatic heterocycles. The van der Waals surface area contributed by atoms with Crippen molar-refractivity contribution in [2.75, 3.05) is 12.4 Å². The molecule has 4 rings (SSSR count). The number of hydrogen-bond donors (Lipinski definition) is 1. The van der Waals surface area contributed by atoms with Gasteiger partial charge in [0.25, 0.3) is 0 Å². The Kier molecular flexibility index (Phi) is 5.01. The number of fused-ring (bicyclic) bond motifs is 1. The second-order valence-corrected chi connectivity index (χ2v) is 7.15. The van der Waals surface area contributed by atoms with Gasteiger partial charge in [-0.1, -0.05) is 41.9 Å². The molecular weight excluding hydrogens is 428 g/mol. The van der Waals surface area contributed by atoms with Crippen LogP contribution in [0.1, 0.15) is 5.56 Å². The Hall–Kier alpha value is -2.57. The minimum absolute atomic E-state index is 0.594. The molecule has 0 aliphatic heterocycles. The average Bonchev–Trinajstić information content (AvgIpc) is 3.07. The standard InChI is InChI=1S/C20H16BrClN4O/c1-27-14-6-4-5-13(9-14)10-23-19-20-24-11-18(21)26(20)12-17(25-19)15-7-2-3-8-16(15)22/h2-9,11-12H,10H2,1H3,(H,23,25). The number of halogens is 2. The van der Waals surface area contributed by atoms with Crippen molar-refractivity contribution in [3.8, 4) is 17.0 Å². The summed E-state index contributed by atoms with van der Waals surface area (Å²) < 4.78 is 8.08. The Morgan fingerprint density at radius 1 is 1.19 bits per heavy atom. The summed E-state index contributed by atoms with van der Waals surface area (Å²) in [6.07, 6.45) is 3.68. The van der Waals surface area contributed by atoms with Crippen molar-refractivity contribution in [2.45, 2.75) is 6.54 Å². The van der Waals surface area contributed by atoms with Crippen molar-refractivity contribution in [2.24, 2.45) is 0 Å². The van der Waals surface area contributed by atoms with E-state index in [1.807, 2.05) is 59.1 Å². The molecule has 0 spiro atoms. The van der Waals surface area contributed by atoms with E-state index in [2.05, 4.69) is 26.2 Å². The summed E-state index contributed by atoms with van der Waals surface area (Å²) >= 11 is 9.91. The number of hydrogen-bond acceptors (Lipinski definition) is 4. The van der Waals surface area contributed by atoms with Crippen LogP contribution >= 0.6 is 27.5 Å². The second kappa shape index (κ2) is 7.58. The number of imidazole rings is 1. The zero-order valence-corrected chi connectivity index (χ0v) is 16.8. The van der Waals surface area contributed by atoms with Crippen LogP contribution in [0.5, 0.6) is 5.75 Å². The van der Waals surface area contributed by atoms with Gasteiger partial charge in [0.15, 0.2) is 11.5 Å². The lowest BCUT2D eigenvalue weighted by atomic mass is 10.1. The Balaban J connectivity index is 1.74. The largest absolute Gasteiger partial charge is 0.497 e. The van der Waals surface area contributed by atoms with Crippen molar-refractivity contribution >= 4 is 39.0 Å². The SMILES string of the molecule is COc1cccc(CNc2nc(-c3ccccc3Cl)cn3c(Br)cnc23)c1. The number of nitrogens with one attached hydrogen (secondary N) is 1. The van der Waals surface area contributed by atoms with Gasteiger partial charge in [-0.2, -0.15) is 0 Å². The second-order valence-electron chi connectivity index (χ2n) is 5.93. The number of anilines is 1. The van der Waals surface area contributed by atoms with Crippen LogP contribution in [0.15, 0.2) is 65.5 Å². The lowest BCUT2D eigenvalue weighted by molar-refractivity contribution is 0.414. The van der Waals surface area contributed by atoms with E-state index in [0.29, 0.717) is 17.4 Å².